The molecule has 1 heterocycles. The molecule has 0 amide bonds. The van der Waals surface area contributed by atoms with E-state index >= 15 is 0 Å². The molecule has 0 spiro atoms. The Morgan fingerprint density at radius 3 is 2.11 bits per heavy atom. The van der Waals surface area contributed by atoms with E-state index in [4.69, 9.17) is 4.42 Å². The van der Waals surface area contributed by atoms with E-state index in [2.05, 4.69) is 4.98 Å². The summed E-state index contributed by atoms with van der Waals surface area (Å²) in [6.45, 7) is 5.06. The molecule has 28 heavy (non-hydrogen) atoms. The first kappa shape index (κ1) is 20.0. The van der Waals surface area contributed by atoms with Crippen molar-refractivity contribution in [2.75, 3.05) is 0 Å². The molecule has 0 aliphatic carbocycles. The molecule has 0 aliphatic heterocycles. The largest absolute Gasteiger partial charge is 0.445 e. The summed E-state index contributed by atoms with van der Waals surface area (Å²) in [5.74, 6) is 0.487. The molecule has 5 nitrogen and oxygen atoms in total. The lowest BCUT2D eigenvalue weighted by molar-refractivity contribution is 0.0993. The number of Topliss-reactive ketones (excluding diaryl/α,β-unsaturated/α-hetero) is 1. The number of oxazole rings is 1. The molecule has 0 unspecified atom stereocenters. The summed E-state index contributed by atoms with van der Waals surface area (Å²) in [7, 11) is -3.25. The fourth-order valence-electron chi connectivity index (χ4n) is 2.64. The third-order valence-electron chi connectivity index (χ3n) is 4.56. The Morgan fingerprint density at radius 1 is 0.964 bits per heavy atom. The summed E-state index contributed by atoms with van der Waals surface area (Å²) >= 11 is 0. The maximum Gasteiger partial charge on any atom is 0.225 e. The number of carbonyl (C=O) groups excluding carboxylic acids is 1. The first-order valence-corrected chi connectivity index (χ1v) is 10.6. The van der Waals surface area contributed by atoms with Crippen molar-refractivity contribution in [1.29, 1.82) is 0 Å². The number of rotatable bonds is 6. The summed E-state index contributed by atoms with van der Waals surface area (Å²) in [6.07, 6.45) is 3.37. The SMILES string of the molecule is CC(C)(C)S(=O)(=O)Cc1ccc(C(=O)Cc2ccc(-c3ncco3)cc2)cc1. The average molecular weight is 397 g/mol. The third-order valence-corrected chi connectivity index (χ3v) is 7.14. The minimum Gasteiger partial charge on any atom is -0.445 e. The zero-order chi connectivity index (χ0) is 20.4. The molecule has 1 aromatic heterocycles. The van der Waals surface area contributed by atoms with Crippen molar-refractivity contribution in [2.24, 2.45) is 0 Å². The lowest BCUT2D eigenvalue weighted by atomic mass is 10.0. The molecule has 0 saturated heterocycles. The zero-order valence-electron chi connectivity index (χ0n) is 16.2. The smallest absolute Gasteiger partial charge is 0.225 e. The van der Waals surface area contributed by atoms with Gasteiger partial charge in [0.15, 0.2) is 15.6 Å². The first-order valence-electron chi connectivity index (χ1n) is 8.99. The first-order chi connectivity index (χ1) is 13.2. The summed E-state index contributed by atoms with van der Waals surface area (Å²) in [5.41, 5.74) is 2.99. The fourth-order valence-corrected chi connectivity index (χ4v) is 3.71. The zero-order valence-corrected chi connectivity index (χ0v) is 17.0. The van der Waals surface area contributed by atoms with Crippen LogP contribution in [0.5, 0.6) is 0 Å². The van der Waals surface area contributed by atoms with Gasteiger partial charge in [0.05, 0.1) is 16.7 Å². The second kappa shape index (κ2) is 7.72. The van der Waals surface area contributed by atoms with Crippen LogP contribution in [0.1, 0.15) is 42.3 Å². The Hall–Kier alpha value is -2.73. The van der Waals surface area contributed by atoms with Crippen LogP contribution < -0.4 is 0 Å². The highest BCUT2D eigenvalue weighted by Crippen LogP contribution is 2.21. The van der Waals surface area contributed by atoms with Gasteiger partial charge in [-0.15, -0.1) is 0 Å². The second-order valence-corrected chi connectivity index (χ2v) is 10.4. The van der Waals surface area contributed by atoms with Crippen LogP contribution in [-0.2, 0) is 22.0 Å². The number of hydrogen-bond acceptors (Lipinski definition) is 5. The molecular weight excluding hydrogens is 374 g/mol. The van der Waals surface area contributed by atoms with Crippen LogP contribution in [0.25, 0.3) is 11.5 Å². The summed E-state index contributed by atoms with van der Waals surface area (Å²) in [4.78, 5) is 16.6. The van der Waals surface area contributed by atoms with E-state index < -0.39 is 14.6 Å². The monoisotopic (exact) mass is 397 g/mol. The molecule has 0 N–H and O–H groups in total. The number of nitrogens with zero attached hydrogens (tertiary/aromatic N) is 1. The van der Waals surface area contributed by atoms with Crippen molar-refractivity contribution in [3.63, 3.8) is 0 Å². The van der Waals surface area contributed by atoms with E-state index in [1.165, 1.54) is 6.26 Å². The van der Waals surface area contributed by atoms with Crippen molar-refractivity contribution in [3.05, 3.63) is 77.7 Å². The highest BCUT2D eigenvalue weighted by atomic mass is 32.2. The Labute approximate surface area is 165 Å². The quantitative estimate of drug-likeness (QED) is 0.573. The van der Waals surface area contributed by atoms with E-state index in [0.29, 0.717) is 17.0 Å². The van der Waals surface area contributed by atoms with Crippen molar-refractivity contribution >= 4 is 15.6 Å². The molecule has 0 radical (unpaired) electrons. The van der Waals surface area contributed by atoms with Gasteiger partial charge in [-0.3, -0.25) is 4.79 Å². The lowest BCUT2D eigenvalue weighted by Crippen LogP contribution is -2.29. The number of benzene rings is 2. The molecule has 6 heteroatoms. The molecular formula is C22H23NO4S. The Balaban J connectivity index is 1.66. The minimum absolute atomic E-state index is 0.0193. The molecule has 3 aromatic rings. The van der Waals surface area contributed by atoms with Crippen LogP contribution in [0.4, 0.5) is 0 Å². The van der Waals surface area contributed by atoms with Gasteiger partial charge in [0.25, 0.3) is 0 Å². The molecule has 0 aliphatic rings. The highest BCUT2D eigenvalue weighted by Gasteiger charge is 2.28. The lowest BCUT2D eigenvalue weighted by Gasteiger charge is -2.19. The van der Waals surface area contributed by atoms with Gasteiger partial charge in [-0.05, 0) is 44.0 Å². The predicted molar refractivity (Wildman–Crippen MR) is 109 cm³/mol. The van der Waals surface area contributed by atoms with Crippen LogP contribution in [0.2, 0.25) is 0 Å². The number of carbonyl (C=O) groups is 1. The van der Waals surface area contributed by atoms with E-state index in [1.54, 1.807) is 51.2 Å². The van der Waals surface area contributed by atoms with Crippen molar-refractivity contribution in [2.45, 2.75) is 37.7 Å². The van der Waals surface area contributed by atoms with E-state index in [0.717, 1.165) is 11.1 Å². The molecule has 0 saturated carbocycles. The maximum absolute atomic E-state index is 12.5. The van der Waals surface area contributed by atoms with Gasteiger partial charge < -0.3 is 4.42 Å². The van der Waals surface area contributed by atoms with Crippen molar-refractivity contribution in [3.8, 4) is 11.5 Å². The molecule has 0 bridgehead atoms. The van der Waals surface area contributed by atoms with Crippen LogP contribution in [0, 0.1) is 0 Å². The second-order valence-electron chi connectivity index (χ2n) is 7.70. The van der Waals surface area contributed by atoms with Crippen LogP contribution in [0.3, 0.4) is 0 Å². The third kappa shape index (κ3) is 4.57. The number of hydrogen-bond donors (Lipinski definition) is 0. The molecule has 2 aromatic carbocycles. The molecule has 0 fully saturated rings. The maximum atomic E-state index is 12.5. The molecule has 0 atom stereocenters. The average Bonchev–Trinajstić information content (AvgIpc) is 3.16. The minimum atomic E-state index is -3.25. The predicted octanol–water partition coefficient (Wildman–Crippen LogP) is 4.48. The Morgan fingerprint density at radius 2 is 1.57 bits per heavy atom. The van der Waals surface area contributed by atoms with Crippen molar-refractivity contribution < 1.29 is 17.6 Å². The van der Waals surface area contributed by atoms with Crippen LogP contribution in [0.15, 0.2) is 65.4 Å². The Kier molecular flexibility index (Phi) is 5.52. The highest BCUT2D eigenvalue weighted by molar-refractivity contribution is 7.91. The van der Waals surface area contributed by atoms with Crippen LogP contribution >= 0.6 is 0 Å². The van der Waals surface area contributed by atoms with E-state index in [-0.39, 0.29) is 18.0 Å². The topological polar surface area (TPSA) is 77.2 Å². The number of ketones is 1. The fraction of sp³-hybridized carbons (Fsp3) is 0.273. The van der Waals surface area contributed by atoms with Gasteiger partial charge in [0, 0.05) is 17.5 Å². The summed E-state index contributed by atoms with van der Waals surface area (Å²) in [6, 6.07) is 14.3. The van der Waals surface area contributed by atoms with Gasteiger partial charge in [0.2, 0.25) is 5.89 Å². The molecule has 3 rings (SSSR count). The van der Waals surface area contributed by atoms with Gasteiger partial charge in [-0.25, -0.2) is 13.4 Å². The molecule has 146 valence electrons. The van der Waals surface area contributed by atoms with Gasteiger partial charge in [0.1, 0.15) is 6.26 Å². The van der Waals surface area contributed by atoms with Crippen molar-refractivity contribution in [1.82, 2.24) is 4.98 Å². The standard InChI is InChI=1S/C22H23NO4S/c1-22(2,3)28(25,26)15-17-6-8-18(9-7-17)20(24)14-16-4-10-19(11-5-16)21-23-12-13-27-21/h4-13H,14-15H2,1-3H3. The number of sulfone groups is 1. The van der Waals surface area contributed by atoms with Crippen LogP contribution in [-0.4, -0.2) is 23.9 Å². The summed E-state index contributed by atoms with van der Waals surface area (Å²) in [5, 5.41) is 0. The normalized spacial score (nSPS) is 12.1. The Bertz CT molecular complexity index is 1040. The van der Waals surface area contributed by atoms with E-state index in [9.17, 15) is 13.2 Å². The number of aromatic nitrogens is 1. The van der Waals surface area contributed by atoms with Gasteiger partial charge >= 0.3 is 0 Å². The van der Waals surface area contributed by atoms with E-state index in [1.807, 2.05) is 24.3 Å². The van der Waals surface area contributed by atoms with Gasteiger partial charge in [-0.1, -0.05) is 36.4 Å². The summed E-state index contributed by atoms with van der Waals surface area (Å²) < 4.78 is 29.1. The van der Waals surface area contributed by atoms with Gasteiger partial charge in [-0.2, -0.15) is 0 Å².